The topological polar surface area (TPSA) is 37.1 Å². The highest BCUT2D eigenvalue weighted by atomic mass is 32.2. The predicted molar refractivity (Wildman–Crippen MR) is 77.5 cm³/mol. The Kier molecular flexibility index (Phi) is 3.76. The Morgan fingerprint density at radius 2 is 1.37 bits per heavy atom. The monoisotopic (exact) mass is 281 g/mol. The van der Waals surface area contributed by atoms with Gasteiger partial charge < -0.3 is 0 Å². The van der Waals surface area contributed by atoms with Gasteiger partial charge in [-0.25, -0.2) is 8.42 Å². The summed E-state index contributed by atoms with van der Waals surface area (Å²) >= 11 is 0. The van der Waals surface area contributed by atoms with Gasteiger partial charge in [-0.15, -0.1) is 0 Å². The first kappa shape index (κ1) is 14.5. The van der Waals surface area contributed by atoms with E-state index in [2.05, 4.69) is 27.7 Å². The Bertz CT molecular complexity index is 532. The van der Waals surface area contributed by atoms with Gasteiger partial charge in [0, 0.05) is 12.1 Å². The Morgan fingerprint density at radius 3 is 1.74 bits per heavy atom. The summed E-state index contributed by atoms with van der Waals surface area (Å²) in [6.07, 6.45) is 0. The third-order valence-electron chi connectivity index (χ3n) is 3.81. The number of benzene rings is 1. The molecule has 1 aliphatic heterocycles. The molecule has 1 heterocycles. The lowest BCUT2D eigenvalue weighted by Gasteiger charge is -2.09. The minimum Gasteiger partial charge on any atom is -0.207 e. The molecule has 0 radical (unpaired) electrons. The Hall–Kier alpha value is -0.870. The molecule has 0 bridgehead atoms. The number of sulfonamides is 1. The molecule has 0 amide bonds. The highest BCUT2D eigenvalue weighted by Gasteiger charge is 2.57. The molecule has 2 atom stereocenters. The van der Waals surface area contributed by atoms with E-state index in [-0.39, 0.29) is 12.1 Å². The van der Waals surface area contributed by atoms with Crippen LogP contribution in [-0.2, 0) is 10.0 Å². The van der Waals surface area contributed by atoms with Crippen molar-refractivity contribution in [3.63, 3.8) is 0 Å². The molecule has 0 unspecified atom stereocenters. The maximum atomic E-state index is 12.7. The summed E-state index contributed by atoms with van der Waals surface area (Å²) in [5.41, 5.74) is 1.07. The van der Waals surface area contributed by atoms with Crippen molar-refractivity contribution < 1.29 is 8.42 Å². The molecule has 3 nitrogen and oxygen atoms in total. The summed E-state index contributed by atoms with van der Waals surface area (Å²) in [5, 5.41) is 0. The molecule has 0 saturated carbocycles. The first-order chi connectivity index (χ1) is 8.76. The van der Waals surface area contributed by atoms with Crippen LogP contribution in [0.2, 0.25) is 0 Å². The van der Waals surface area contributed by atoms with Crippen LogP contribution in [0.25, 0.3) is 0 Å². The summed E-state index contributed by atoms with van der Waals surface area (Å²) in [7, 11) is -3.34. The summed E-state index contributed by atoms with van der Waals surface area (Å²) in [4.78, 5) is 0.409. The highest BCUT2D eigenvalue weighted by Crippen LogP contribution is 2.43. The molecule has 0 aliphatic carbocycles. The zero-order valence-corrected chi connectivity index (χ0v) is 13.1. The van der Waals surface area contributed by atoms with Crippen LogP contribution in [0.15, 0.2) is 29.2 Å². The van der Waals surface area contributed by atoms with Gasteiger partial charge >= 0.3 is 0 Å². The van der Waals surface area contributed by atoms with Crippen LogP contribution >= 0.6 is 0 Å². The third kappa shape index (κ3) is 2.56. The fourth-order valence-corrected chi connectivity index (χ4v) is 4.82. The first-order valence-electron chi connectivity index (χ1n) is 6.87. The zero-order valence-electron chi connectivity index (χ0n) is 12.3. The summed E-state index contributed by atoms with van der Waals surface area (Å²) < 4.78 is 27.0. The minimum absolute atomic E-state index is 0.145. The van der Waals surface area contributed by atoms with E-state index < -0.39 is 10.0 Å². The van der Waals surface area contributed by atoms with Gasteiger partial charge in [0.2, 0.25) is 10.0 Å². The minimum atomic E-state index is -3.34. The van der Waals surface area contributed by atoms with Gasteiger partial charge in [0.1, 0.15) is 0 Å². The fourth-order valence-electron chi connectivity index (χ4n) is 2.78. The van der Waals surface area contributed by atoms with Crippen LogP contribution in [0, 0.1) is 18.8 Å². The average Bonchev–Trinajstić information content (AvgIpc) is 3.05. The molecule has 1 aromatic carbocycles. The number of nitrogens with zero attached hydrogens (tertiary/aromatic N) is 1. The van der Waals surface area contributed by atoms with Crippen LogP contribution < -0.4 is 0 Å². The van der Waals surface area contributed by atoms with Crippen LogP contribution in [-0.4, -0.2) is 24.8 Å². The molecule has 1 aliphatic rings. The van der Waals surface area contributed by atoms with E-state index in [0.29, 0.717) is 16.7 Å². The van der Waals surface area contributed by atoms with Gasteiger partial charge in [0.05, 0.1) is 4.90 Å². The predicted octanol–water partition coefficient (Wildman–Crippen LogP) is 3.05. The molecule has 0 spiro atoms. The van der Waals surface area contributed by atoms with Crippen molar-refractivity contribution in [2.45, 2.75) is 51.6 Å². The summed E-state index contributed by atoms with van der Waals surface area (Å²) in [6, 6.07) is 7.41. The van der Waals surface area contributed by atoms with Crippen molar-refractivity contribution in [1.82, 2.24) is 4.31 Å². The molecule has 106 valence electrons. The van der Waals surface area contributed by atoms with E-state index in [1.165, 1.54) is 0 Å². The highest BCUT2D eigenvalue weighted by molar-refractivity contribution is 7.89. The standard InChI is InChI=1S/C15H23NO2S/c1-10(2)14-15(11(3)4)16(14)19(17,18)13-8-6-12(5)7-9-13/h6-11,14-15H,1-5H3/t14-,15-/m0/s1. The van der Waals surface area contributed by atoms with E-state index in [1.54, 1.807) is 16.4 Å². The Labute approximate surface area is 116 Å². The number of rotatable bonds is 4. The largest absolute Gasteiger partial charge is 0.243 e. The van der Waals surface area contributed by atoms with Crippen LogP contribution in [0.1, 0.15) is 33.3 Å². The molecule has 19 heavy (non-hydrogen) atoms. The van der Waals surface area contributed by atoms with Gasteiger partial charge in [-0.2, -0.15) is 4.31 Å². The van der Waals surface area contributed by atoms with Gasteiger partial charge in [-0.1, -0.05) is 45.4 Å². The molecular formula is C15H23NO2S. The maximum Gasteiger partial charge on any atom is 0.243 e. The van der Waals surface area contributed by atoms with Gasteiger partial charge in [-0.05, 0) is 30.9 Å². The maximum absolute atomic E-state index is 12.7. The summed E-state index contributed by atoms with van der Waals surface area (Å²) in [6.45, 7) is 10.3. The fraction of sp³-hybridized carbons (Fsp3) is 0.600. The second-order valence-corrected chi connectivity index (χ2v) is 7.96. The quantitative estimate of drug-likeness (QED) is 0.795. The summed E-state index contributed by atoms with van der Waals surface area (Å²) in [5.74, 6) is 0.709. The zero-order chi connectivity index (χ0) is 14.4. The number of hydrogen-bond donors (Lipinski definition) is 0. The van der Waals surface area contributed by atoms with Crippen molar-refractivity contribution in [1.29, 1.82) is 0 Å². The van der Waals surface area contributed by atoms with Gasteiger partial charge in [-0.3, -0.25) is 0 Å². The molecule has 1 fully saturated rings. The normalized spacial score (nSPS) is 27.0. The van der Waals surface area contributed by atoms with Crippen LogP contribution in [0.4, 0.5) is 0 Å². The van der Waals surface area contributed by atoms with Crippen molar-refractivity contribution in [2.75, 3.05) is 0 Å². The van der Waals surface area contributed by atoms with Gasteiger partial charge in [0.15, 0.2) is 0 Å². The number of aryl methyl sites for hydroxylation is 1. The van der Waals surface area contributed by atoms with E-state index in [0.717, 1.165) is 5.56 Å². The lowest BCUT2D eigenvalue weighted by atomic mass is 10.0. The second kappa shape index (κ2) is 4.91. The van der Waals surface area contributed by atoms with Crippen LogP contribution in [0.5, 0.6) is 0 Å². The van der Waals surface area contributed by atoms with E-state index in [4.69, 9.17) is 0 Å². The van der Waals surface area contributed by atoms with Crippen molar-refractivity contribution in [3.05, 3.63) is 29.8 Å². The molecule has 0 N–H and O–H groups in total. The molecule has 2 rings (SSSR count). The third-order valence-corrected chi connectivity index (χ3v) is 5.72. The van der Waals surface area contributed by atoms with Crippen LogP contribution in [0.3, 0.4) is 0 Å². The molecule has 0 aromatic heterocycles. The second-order valence-electron chi connectivity index (χ2n) is 6.12. The van der Waals surface area contributed by atoms with Crippen molar-refractivity contribution >= 4 is 10.0 Å². The lowest BCUT2D eigenvalue weighted by Crippen LogP contribution is -2.18. The lowest BCUT2D eigenvalue weighted by molar-refractivity contribution is 0.509. The van der Waals surface area contributed by atoms with E-state index in [1.807, 2.05) is 19.1 Å². The number of hydrogen-bond acceptors (Lipinski definition) is 2. The van der Waals surface area contributed by atoms with Crippen molar-refractivity contribution in [3.8, 4) is 0 Å². The Morgan fingerprint density at radius 1 is 0.947 bits per heavy atom. The molecular weight excluding hydrogens is 258 g/mol. The van der Waals surface area contributed by atoms with Gasteiger partial charge in [0.25, 0.3) is 0 Å². The first-order valence-corrected chi connectivity index (χ1v) is 8.31. The molecule has 1 aromatic rings. The van der Waals surface area contributed by atoms with E-state index >= 15 is 0 Å². The van der Waals surface area contributed by atoms with E-state index in [9.17, 15) is 8.42 Å². The SMILES string of the molecule is Cc1ccc(S(=O)(=O)N2[C@@H](C(C)C)[C@@H]2C(C)C)cc1. The molecule has 4 heteroatoms. The molecule has 1 saturated heterocycles. The van der Waals surface area contributed by atoms with Crippen molar-refractivity contribution in [2.24, 2.45) is 11.8 Å². The Balaban J connectivity index is 2.33. The smallest absolute Gasteiger partial charge is 0.207 e. The average molecular weight is 281 g/mol.